The van der Waals surface area contributed by atoms with E-state index in [-0.39, 0.29) is 0 Å². The molecule has 0 aromatic carbocycles. The zero-order chi connectivity index (χ0) is 7.56. The van der Waals surface area contributed by atoms with Gasteiger partial charge in [0.05, 0.1) is 11.9 Å². The Morgan fingerprint density at radius 3 is 2.70 bits per heavy atom. The summed E-state index contributed by atoms with van der Waals surface area (Å²) in [7, 11) is 0. The highest BCUT2D eigenvalue weighted by atomic mass is 15.2. The monoisotopic (exact) mass is 137 g/mol. The van der Waals surface area contributed by atoms with Crippen LogP contribution in [0.5, 0.6) is 0 Å². The largest absolute Gasteiger partial charge is 0.322 e. The maximum absolute atomic E-state index is 5.21. The fourth-order valence-electron chi connectivity index (χ4n) is 0.848. The number of hydrogen-bond acceptors (Lipinski definition) is 3. The molecule has 0 unspecified atom stereocenters. The summed E-state index contributed by atoms with van der Waals surface area (Å²) in [4.78, 5) is 4.07. The fraction of sp³-hybridized carbons (Fsp3) is 0.286. The lowest BCUT2D eigenvalue weighted by atomic mass is 10.2. The van der Waals surface area contributed by atoms with Gasteiger partial charge < -0.3 is 5.43 Å². The average molecular weight is 137 g/mol. The van der Waals surface area contributed by atoms with Gasteiger partial charge in [-0.25, -0.2) is 0 Å². The van der Waals surface area contributed by atoms with Crippen molar-refractivity contribution < 1.29 is 0 Å². The summed E-state index contributed by atoms with van der Waals surface area (Å²) in [5.41, 5.74) is 5.57. The number of rotatable bonds is 1. The highest BCUT2D eigenvalue weighted by Gasteiger charge is 1.94. The highest BCUT2D eigenvalue weighted by molar-refractivity contribution is 5.47. The predicted octanol–water partition coefficient (Wildman–Crippen LogP) is 0.984. The lowest BCUT2D eigenvalue weighted by Crippen LogP contribution is -2.08. The van der Waals surface area contributed by atoms with Gasteiger partial charge in [-0.15, -0.1) is 0 Å². The molecule has 0 aliphatic rings. The van der Waals surface area contributed by atoms with Crippen molar-refractivity contribution in [3.8, 4) is 0 Å². The standard InChI is InChI=1S/C7H11N3/c1-5-3-6(2)9-4-7(5)10-8/h3-4,10H,8H2,1-2H3. The summed E-state index contributed by atoms with van der Waals surface area (Å²) >= 11 is 0. The molecule has 0 spiro atoms. The first-order chi connectivity index (χ1) is 4.74. The van der Waals surface area contributed by atoms with E-state index in [1.807, 2.05) is 19.9 Å². The average Bonchev–Trinajstić information content (AvgIpc) is 1.88. The van der Waals surface area contributed by atoms with Gasteiger partial charge in [-0.1, -0.05) is 0 Å². The van der Waals surface area contributed by atoms with E-state index in [4.69, 9.17) is 5.84 Å². The molecule has 54 valence electrons. The summed E-state index contributed by atoms with van der Waals surface area (Å²) < 4.78 is 0. The van der Waals surface area contributed by atoms with E-state index >= 15 is 0 Å². The maximum atomic E-state index is 5.21. The molecule has 3 N–H and O–H groups in total. The maximum Gasteiger partial charge on any atom is 0.0698 e. The first-order valence-corrected chi connectivity index (χ1v) is 3.14. The quantitative estimate of drug-likeness (QED) is 0.448. The van der Waals surface area contributed by atoms with Crippen molar-refractivity contribution >= 4 is 5.69 Å². The minimum absolute atomic E-state index is 0.880. The van der Waals surface area contributed by atoms with Crippen LogP contribution in [0.1, 0.15) is 11.3 Å². The molecule has 0 amide bonds. The summed E-state index contributed by atoms with van der Waals surface area (Å²) in [5.74, 6) is 5.21. The highest BCUT2D eigenvalue weighted by Crippen LogP contribution is 2.11. The lowest BCUT2D eigenvalue weighted by molar-refractivity contribution is 1.16. The van der Waals surface area contributed by atoms with Crippen LogP contribution in [0.3, 0.4) is 0 Å². The van der Waals surface area contributed by atoms with Crippen LogP contribution in [0, 0.1) is 13.8 Å². The fourth-order valence-corrected chi connectivity index (χ4v) is 0.848. The van der Waals surface area contributed by atoms with E-state index in [9.17, 15) is 0 Å². The molecule has 1 aromatic rings. The molecule has 0 saturated heterocycles. The van der Waals surface area contributed by atoms with Crippen LogP contribution < -0.4 is 11.3 Å². The predicted molar refractivity (Wildman–Crippen MR) is 41.5 cm³/mol. The van der Waals surface area contributed by atoms with Gasteiger partial charge in [0, 0.05) is 5.69 Å². The van der Waals surface area contributed by atoms with Gasteiger partial charge in [-0.3, -0.25) is 10.8 Å². The molecule has 1 aromatic heterocycles. The molecule has 0 radical (unpaired) electrons. The summed E-state index contributed by atoms with van der Waals surface area (Å²) in [6.07, 6.45) is 1.73. The van der Waals surface area contributed by atoms with Gasteiger partial charge in [0.1, 0.15) is 0 Å². The molecule has 0 atom stereocenters. The van der Waals surface area contributed by atoms with E-state index in [2.05, 4.69) is 10.4 Å². The Bertz CT molecular complexity index is 232. The van der Waals surface area contributed by atoms with E-state index in [1.165, 1.54) is 0 Å². The van der Waals surface area contributed by atoms with Crippen molar-refractivity contribution in [1.29, 1.82) is 0 Å². The van der Waals surface area contributed by atoms with Gasteiger partial charge >= 0.3 is 0 Å². The molecular weight excluding hydrogens is 126 g/mol. The van der Waals surface area contributed by atoms with Gasteiger partial charge in [0.15, 0.2) is 0 Å². The molecule has 3 heteroatoms. The Hall–Kier alpha value is -1.09. The number of hydrazine groups is 1. The zero-order valence-electron chi connectivity index (χ0n) is 6.18. The van der Waals surface area contributed by atoms with Crippen LogP contribution in [0.25, 0.3) is 0 Å². The third kappa shape index (κ3) is 1.25. The first-order valence-electron chi connectivity index (χ1n) is 3.14. The first kappa shape index (κ1) is 7.02. The molecule has 10 heavy (non-hydrogen) atoms. The molecular formula is C7H11N3. The summed E-state index contributed by atoms with van der Waals surface area (Å²) in [6, 6.07) is 1.98. The van der Waals surface area contributed by atoms with Crippen LogP contribution in [0.4, 0.5) is 5.69 Å². The number of nitrogens with two attached hydrogens (primary N) is 1. The smallest absolute Gasteiger partial charge is 0.0698 e. The van der Waals surface area contributed by atoms with Crippen molar-refractivity contribution in [2.24, 2.45) is 5.84 Å². The van der Waals surface area contributed by atoms with Crippen LogP contribution in [0.2, 0.25) is 0 Å². The Morgan fingerprint density at radius 1 is 1.50 bits per heavy atom. The summed E-state index contributed by atoms with van der Waals surface area (Å²) in [6.45, 7) is 3.94. The van der Waals surface area contributed by atoms with Crippen LogP contribution >= 0.6 is 0 Å². The Labute approximate surface area is 60.2 Å². The van der Waals surface area contributed by atoms with Crippen molar-refractivity contribution in [2.75, 3.05) is 5.43 Å². The second kappa shape index (κ2) is 2.66. The minimum Gasteiger partial charge on any atom is -0.322 e. The number of anilines is 1. The molecule has 1 heterocycles. The van der Waals surface area contributed by atoms with Crippen LogP contribution in [-0.4, -0.2) is 4.98 Å². The number of nitrogens with zero attached hydrogens (tertiary/aromatic N) is 1. The number of nitrogens with one attached hydrogen (secondary N) is 1. The molecule has 0 saturated carbocycles. The number of aryl methyl sites for hydroxylation is 2. The molecule has 0 aliphatic heterocycles. The van der Waals surface area contributed by atoms with E-state index in [0.29, 0.717) is 0 Å². The van der Waals surface area contributed by atoms with Gasteiger partial charge in [0.25, 0.3) is 0 Å². The van der Waals surface area contributed by atoms with E-state index < -0.39 is 0 Å². The van der Waals surface area contributed by atoms with Gasteiger partial charge in [0.2, 0.25) is 0 Å². The van der Waals surface area contributed by atoms with E-state index in [0.717, 1.165) is 16.9 Å². The lowest BCUT2D eigenvalue weighted by Gasteiger charge is -2.03. The third-order valence-corrected chi connectivity index (χ3v) is 1.40. The molecule has 0 aliphatic carbocycles. The number of aromatic nitrogens is 1. The molecule has 0 fully saturated rings. The topological polar surface area (TPSA) is 50.9 Å². The third-order valence-electron chi connectivity index (χ3n) is 1.40. The van der Waals surface area contributed by atoms with Crippen molar-refractivity contribution in [2.45, 2.75) is 13.8 Å². The molecule has 0 bridgehead atoms. The minimum atomic E-state index is 0.880. The zero-order valence-corrected chi connectivity index (χ0v) is 6.18. The Kier molecular flexibility index (Phi) is 1.87. The number of hydrogen-bond donors (Lipinski definition) is 2. The van der Waals surface area contributed by atoms with Crippen molar-refractivity contribution in [3.05, 3.63) is 23.5 Å². The normalized spacial score (nSPS) is 9.50. The van der Waals surface area contributed by atoms with Gasteiger partial charge in [-0.2, -0.15) is 0 Å². The Balaban J connectivity index is 3.07. The van der Waals surface area contributed by atoms with Crippen molar-refractivity contribution in [3.63, 3.8) is 0 Å². The van der Waals surface area contributed by atoms with Crippen molar-refractivity contribution in [1.82, 2.24) is 4.98 Å². The summed E-state index contributed by atoms with van der Waals surface area (Å²) in [5, 5.41) is 0. The number of pyridine rings is 1. The van der Waals surface area contributed by atoms with Crippen LogP contribution in [0.15, 0.2) is 12.3 Å². The Morgan fingerprint density at radius 2 is 2.20 bits per heavy atom. The number of nitrogen functional groups attached to an aromatic ring is 1. The van der Waals surface area contributed by atoms with E-state index in [1.54, 1.807) is 6.20 Å². The van der Waals surface area contributed by atoms with Gasteiger partial charge in [-0.05, 0) is 25.5 Å². The second-order valence-corrected chi connectivity index (χ2v) is 2.28. The molecule has 3 nitrogen and oxygen atoms in total. The SMILES string of the molecule is Cc1cc(C)c(NN)cn1. The van der Waals surface area contributed by atoms with Crippen LogP contribution in [-0.2, 0) is 0 Å². The second-order valence-electron chi connectivity index (χ2n) is 2.28. The molecule has 1 rings (SSSR count).